The molecule has 0 heterocycles. The number of carbonyl (C=O) groups excluding carboxylic acids is 2. The maximum Gasteiger partial charge on any atom is 1.00 e. The van der Waals surface area contributed by atoms with Crippen molar-refractivity contribution in [3.63, 3.8) is 0 Å². The summed E-state index contributed by atoms with van der Waals surface area (Å²) >= 11 is 0. The third-order valence-corrected chi connectivity index (χ3v) is 2.62. The number of phenolic OH excluding ortho intramolecular Hbond substituents is 1. The van der Waals surface area contributed by atoms with Crippen molar-refractivity contribution in [3.8, 4) is 5.75 Å². The van der Waals surface area contributed by atoms with Crippen LogP contribution in [0.5, 0.6) is 5.75 Å². The van der Waals surface area contributed by atoms with Crippen LogP contribution in [0.3, 0.4) is 0 Å². The van der Waals surface area contributed by atoms with Crippen molar-refractivity contribution in [3.05, 3.63) is 41.1 Å². The molecule has 0 bridgehead atoms. The SMILES string of the molecule is COC(=O)C=C(C)NCc1cc(O)ccc1CC(=O)[O-].[Na+]. The molecule has 0 spiro atoms. The van der Waals surface area contributed by atoms with Crippen LogP contribution in [-0.4, -0.2) is 24.2 Å². The molecule has 0 saturated heterocycles. The van der Waals surface area contributed by atoms with E-state index in [0.29, 0.717) is 16.8 Å². The van der Waals surface area contributed by atoms with Crippen molar-refractivity contribution in [1.82, 2.24) is 5.32 Å². The summed E-state index contributed by atoms with van der Waals surface area (Å²) in [5, 5.41) is 23.0. The molecule has 0 aliphatic heterocycles. The number of methoxy groups -OCH3 is 1. The Hall–Kier alpha value is -1.50. The number of aromatic hydroxyl groups is 1. The van der Waals surface area contributed by atoms with Gasteiger partial charge < -0.3 is 25.1 Å². The second kappa shape index (κ2) is 9.44. The summed E-state index contributed by atoms with van der Waals surface area (Å²) in [6, 6.07) is 4.41. The molecule has 7 heteroatoms. The second-order valence-corrected chi connectivity index (χ2v) is 4.21. The maximum atomic E-state index is 11.0. The third-order valence-electron chi connectivity index (χ3n) is 2.62. The summed E-state index contributed by atoms with van der Waals surface area (Å²) in [7, 11) is 1.28. The molecule has 6 nitrogen and oxygen atoms in total. The molecule has 21 heavy (non-hydrogen) atoms. The molecule has 0 aromatic heterocycles. The van der Waals surface area contributed by atoms with E-state index < -0.39 is 11.9 Å². The molecule has 108 valence electrons. The minimum Gasteiger partial charge on any atom is -0.550 e. The summed E-state index contributed by atoms with van der Waals surface area (Å²) in [4.78, 5) is 21.7. The molecular weight excluding hydrogens is 285 g/mol. The molecule has 0 saturated carbocycles. The number of benzene rings is 1. The first-order valence-electron chi connectivity index (χ1n) is 5.93. The van der Waals surface area contributed by atoms with Gasteiger partial charge in [0.15, 0.2) is 0 Å². The summed E-state index contributed by atoms with van der Waals surface area (Å²) < 4.78 is 4.49. The number of carbonyl (C=O) groups is 2. The number of carboxylic acids is 1. The van der Waals surface area contributed by atoms with Gasteiger partial charge in [-0.25, -0.2) is 4.79 Å². The summed E-state index contributed by atoms with van der Waals surface area (Å²) in [6.45, 7) is 1.95. The molecule has 0 atom stereocenters. The first-order valence-corrected chi connectivity index (χ1v) is 5.93. The Morgan fingerprint density at radius 2 is 2.05 bits per heavy atom. The fraction of sp³-hybridized carbons (Fsp3) is 0.286. The zero-order chi connectivity index (χ0) is 15.1. The van der Waals surface area contributed by atoms with Crippen LogP contribution in [0.4, 0.5) is 0 Å². The van der Waals surface area contributed by atoms with E-state index in [2.05, 4.69) is 10.1 Å². The zero-order valence-corrected chi connectivity index (χ0v) is 14.3. The first-order chi connectivity index (χ1) is 9.42. The van der Waals surface area contributed by atoms with E-state index in [-0.39, 0.29) is 48.3 Å². The number of rotatable bonds is 6. The van der Waals surface area contributed by atoms with Crippen LogP contribution in [0, 0.1) is 0 Å². The van der Waals surface area contributed by atoms with Gasteiger partial charge in [-0.1, -0.05) is 6.07 Å². The summed E-state index contributed by atoms with van der Waals surface area (Å²) in [5.74, 6) is -1.64. The molecule has 0 amide bonds. The van der Waals surface area contributed by atoms with Crippen LogP contribution in [0.2, 0.25) is 0 Å². The van der Waals surface area contributed by atoms with Gasteiger partial charge in [-0.15, -0.1) is 0 Å². The minimum absolute atomic E-state index is 0. The van der Waals surface area contributed by atoms with E-state index in [1.807, 2.05) is 0 Å². The van der Waals surface area contributed by atoms with Gasteiger partial charge in [0, 0.05) is 30.7 Å². The van der Waals surface area contributed by atoms with Crippen LogP contribution in [0.1, 0.15) is 18.1 Å². The first kappa shape index (κ1) is 19.5. The van der Waals surface area contributed by atoms with Crippen LogP contribution >= 0.6 is 0 Å². The number of hydrogen-bond acceptors (Lipinski definition) is 6. The van der Waals surface area contributed by atoms with Crippen molar-refractivity contribution in [2.45, 2.75) is 19.9 Å². The third kappa shape index (κ3) is 7.17. The predicted molar refractivity (Wildman–Crippen MR) is 69.4 cm³/mol. The van der Waals surface area contributed by atoms with E-state index in [1.54, 1.807) is 6.92 Å². The zero-order valence-electron chi connectivity index (χ0n) is 12.3. The van der Waals surface area contributed by atoms with Crippen molar-refractivity contribution in [2.24, 2.45) is 0 Å². The molecule has 2 N–H and O–H groups in total. The molecule has 1 aromatic rings. The Balaban J connectivity index is 0.00000400. The number of aliphatic carboxylic acids is 1. The van der Waals surface area contributed by atoms with E-state index >= 15 is 0 Å². The Kier molecular flexibility index (Phi) is 8.76. The molecule has 1 rings (SSSR count). The normalized spacial score (nSPS) is 10.5. The molecule has 0 aliphatic rings. The standard InChI is InChI=1S/C14H17NO5.Na/c1-9(5-14(19)20-2)15-8-11-6-12(16)4-3-10(11)7-13(17)18;/h3-6,15-16H,7-8H2,1-2H3,(H,17,18);/q;+1/p-1. The van der Waals surface area contributed by atoms with Gasteiger partial charge in [0.25, 0.3) is 0 Å². The van der Waals surface area contributed by atoms with Gasteiger partial charge in [-0.3, -0.25) is 0 Å². The molecule has 1 aromatic carbocycles. The second-order valence-electron chi connectivity index (χ2n) is 4.21. The number of allylic oxidation sites excluding steroid dienone is 1. The van der Waals surface area contributed by atoms with Crippen molar-refractivity contribution < 1.29 is 54.1 Å². The van der Waals surface area contributed by atoms with E-state index in [0.717, 1.165) is 0 Å². The van der Waals surface area contributed by atoms with E-state index in [9.17, 15) is 19.8 Å². The van der Waals surface area contributed by atoms with Gasteiger partial charge in [0.05, 0.1) is 7.11 Å². The van der Waals surface area contributed by atoms with Crippen LogP contribution in [0.25, 0.3) is 0 Å². The largest absolute Gasteiger partial charge is 1.00 e. The Labute approximate surface area is 145 Å². The smallest absolute Gasteiger partial charge is 0.550 e. The van der Waals surface area contributed by atoms with Crippen molar-refractivity contribution in [2.75, 3.05) is 7.11 Å². The topological polar surface area (TPSA) is 98.7 Å². The molecule has 0 fully saturated rings. The van der Waals surface area contributed by atoms with E-state index in [1.165, 1.54) is 31.4 Å². The van der Waals surface area contributed by atoms with Crippen molar-refractivity contribution in [1.29, 1.82) is 0 Å². The number of nitrogens with one attached hydrogen (secondary N) is 1. The summed E-state index contributed by atoms with van der Waals surface area (Å²) in [5.41, 5.74) is 1.73. The average molecular weight is 301 g/mol. The fourth-order valence-corrected chi connectivity index (χ4v) is 1.63. The number of hydrogen-bond donors (Lipinski definition) is 2. The Morgan fingerprint density at radius 3 is 2.62 bits per heavy atom. The van der Waals surface area contributed by atoms with E-state index in [4.69, 9.17) is 0 Å². The van der Waals surface area contributed by atoms with Crippen LogP contribution in [-0.2, 0) is 27.3 Å². The van der Waals surface area contributed by atoms with Crippen molar-refractivity contribution >= 4 is 11.9 Å². The van der Waals surface area contributed by atoms with Crippen LogP contribution in [0.15, 0.2) is 30.0 Å². The Morgan fingerprint density at radius 1 is 1.38 bits per heavy atom. The average Bonchev–Trinajstić information content (AvgIpc) is 2.38. The fourth-order valence-electron chi connectivity index (χ4n) is 1.63. The predicted octanol–water partition coefficient (Wildman–Crippen LogP) is -3.14. The van der Waals surface area contributed by atoms with Gasteiger partial charge >= 0.3 is 35.5 Å². The van der Waals surface area contributed by atoms with Gasteiger partial charge in [0.1, 0.15) is 5.75 Å². The number of phenols is 1. The summed E-state index contributed by atoms with van der Waals surface area (Å²) in [6.07, 6.45) is 1.04. The van der Waals surface area contributed by atoms with Gasteiger partial charge in [-0.2, -0.15) is 0 Å². The Bertz CT molecular complexity index is 542. The number of ether oxygens (including phenoxy) is 1. The van der Waals surface area contributed by atoms with Gasteiger partial charge in [0.2, 0.25) is 0 Å². The van der Waals surface area contributed by atoms with Crippen LogP contribution < -0.4 is 40.0 Å². The number of esters is 1. The quantitative estimate of drug-likeness (QED) is 0.327. The maximum absolute atomic E-state index is 11.0. The van der Waals surface area contributed by atoms with Gasteiger partial charge in [-0.05, 0) is 30.2 Å². The number of carboxylic acid groups (broad SMARTS) is 1. The molecule has 0 radical (unpaired) electrons. The molecular formula is C14H16NNaO5. The monoisotopic (exact) mass is 301 g/mol. The minimum atomic E-state index is -1.20. The molecule has 0 unspecified atom stereocenters. The molecule has 0 aliphatic carbocycles.